The molecular formula is C15H25BO2. The van der Waals surface area contributed by atoms with E-state index in [-0.39, 0.29) is 7.12 Å². The first kappa shape index (κ1) is 11.8. The molecule has 3 heteroatoms. The van der Waals surface area contributed by atoms with E-state index < -0.39 is 0 Å². The Morgan fingerprint density at radius 3 is 1.89 bits per heavy atom. The first-order valence-electron chi connectivity index (χ1n) is 8.15. The number of rotatable bonds is 1. The lowest BCUT2D eigenvalue weighted by molar-refractivity contribution is 0.00849. The molecule has 0 aromatic heterocycles. The molecule has 4 fully saturated rings. The van der Waals surface area contributed by atoms with Gasteiger partial charge in [0.1, 0.15) is 0 Å². The third-order valence-electron chi connectivity index (χ3n) is 6.18. The zero-order chi connectivity index (χ0) is 11.9. The standard InChI is InChI=1S/C15H25BO2/c1-3-11-4-2-6-13-10-14(16-17-7-8-18-16)9-12(5-1)15(11)13/h11-15H,1-10H2. The van der Waals surface area contributed by atoms with Crippen LogP contribution in [-0.4, -0.2) is 20.3 Å². The van der Waals surface area contributed by atoms with Gasteiger partial charge in [-0.1, -0.05) is 38.5 Å². The second-order valence-electron chi connectivity index (χ2n) is 7.06. The van der Waals surface area contributed by atoms with Crippen LogP contribution in [0.5, 0.6) is 0 Å². The molecule has 18 heavy (non-hydrogen) atoms. The molecule has 1 saturated heterocycles. The van der Waals surface area contributed by atoms with Crippen LogP contribution in [0.1, 0.15) is 51.4 Å². The van der Waals surface area contributed by atoms with Crippen molar-refractivity contribution in [3.63, 3.8) is 0 Å². The van der Waals surface area contributed by atoms with E-state index in [0.717, 1.165) is 36.9 Å². The molecule has 1 aliphatic heterocycles. The SMILES string of the molecule is C1CC2CCCC3CC(B4OCCO4)CC(C1)C23. The molecule has 3 aliphatic carbocycles. The van der Waals surface area contributed by atoms with E-state index in [2.05, 4.69) is 0 Å². The zero-order valence-corrected chi connectivity index (χ0v) is 11.4. The summed E-state index contributed by atoms with van der Waals surface area (Å²) in [5.41, 5.74) is 0. The average molecular weight is 248 g/mol. The lowest BCUT2D eigenvalue weighted by Crippen LogP contribution is -2.44. The van der Waals surface area contributed by atoms with Gasteiger partial charge in [-0.3, -0.25) is 0 Å². The summed E-state index contributed by atoms with van der Waals surface area (Å²) in [6.07, 6.45) is 11.8. The van der Waals surface area contributed by atoms with Crippen LogP contribution >= 0.6 is 0 Å². The minimum atomic E-state index is 0.147. The Labute approximate surface area is 111 Å². The monoisotopic (exact) mass is 248 g/mol. The number of hydrogen-bond donors (Lipinski definition) is 0. The van der Waals surface area contributed by atoms with Crippen LogP contribution in [0.4, 0.5) is 0 Å². The Balaban J connectivity index is 1.51. The van der Waals surface area contributed by atoms with Crippen molar-refractivity contribution < 1.29 is 9.31 Å². The quantitative estimate of drug-likeness (QED) is 0.661. The second-order valence-corrected chi connectivity index (χ2v) is 7.06. The van der Waals surface area contributed by atoms with Gasteiger partial charge in [-0.05, 0) is 42.3 Å². The molecule has 0 spiro atoms. The van der Waals surface area contributed by atoms with Gasteiger partial charge in [0.2, 0.25) is 0 Å². The van der Waals surface area contributed by atoms with Crippen molar-refractivity contribution in [3.8, 4) is 0 Å². The van der Waals surface area contributed by atoms with E-state index in [1.807, 2.05) is 0 Å². The van der Waals surface area contributed by atoms with Crippen LogP contribution in [0.2, 0.25) is 5.82 Å². The lowest BCUT2D eigenvalue weighted by atomic mass is 9.49. The van der Waals surface area contributed by atoms with Gasteiger partial charge in [-0.15, -0.1) is 0 Å². The summed E-state index contributed by atoms with van der Waals surface area (Å²) < 4.78 is 11.6. The normalized spacial score (nSPS) is 48.0. The summed E-state index contributed by atoms with van der Waals surface area (Å²) in [7, 11) is 0.147. The maximum absolute atomic E-state index is 5.79. The van der Waals surface area contributed by atoms with Crippen LogP contribution in [0.3, 0.4) is 0 Å². The maximum Gasteiger partial charge on any atom is 0.460 e. The summed E-state index contributed by atoms with van der Waals surface area (Å²) >= 11 is 0. The summed E-state index contributed by atoms with van der Waals surface area (Å²) in [6.45, 7) is 1.64. The predicted octanol–water partition coefficient (Wildman–Crippen LogP) is 3.52. The largest absolute Gasteiger partial charge is 0.460 e. The molecule has 1 heterocycles. The van der Waals surface area contributed by atoms with Gasteiger partial charge in [-0.25, -0.2) is 0 Å². The van der Waals surface area contributed by atoms with Crippen molar-refractivity contribution >= 4 is 7.12 Å². The van der Waals surface area contributed by atoms with Gasteiger partial charge in [0.25, 0.3) is 0 Å². The first-order chi connectivity index (χ1) is 8.92. The van der Waals surface area contributed by atoms with Gasteiger partial charge in [0, 0.05) is 0 Å². The predicted molar refractivity (Wildman–Crippen MR) is 72.3 cm³/mol. The highest BCUT2D eigenvalue weighted by molar-refractivity contribution is 6.46. The van der Waals surface area contributed by atoms with Crippen LogP contribution in [0.15, 0.2) is 0 Å². The molecule has 0 N–H and O–H groups in total. The zero-order valence-electron chi connectivity index (χ0n) is 11.4. The van der Waals surface area contributed by atoms with E-state index >= 15 is 0 Å². The Morgan fingerprint density at radius 1 is 0.722 bits per heavy atom. The Morgan fingerprint density at radius 2 is 1.28 bits per heavy atom. The summed E-state index contributed by atoms with van der Waals surface area (Å²) in [6, 6.07) is 0. The third kappa shape index (κ3) is 1.94. The van der Waals surface area contributed by atoms with E-state index in [9.17, 15) is 0 Å². The van der Waals surface area contributed by atoms with Crippen LogP contribution < -0.4 is 0 Å². The van der Waals surface area contributed by atoms with E-state index in [0.29, 0.717) is 5.82 Å². The van der Waals surface area contributed by atoms with Crippen molar-refractivity contribution in [2.45, 2.75) is 57.2 Å². The van der Waals surface area contributed by atoms with Gasteiger partial charge < -0.3 is 9.31 Å². The molecule has 100 valence electrons. The summed E-state index contributed by atoms with van der Waals surface area (Å²) in [5, 5.41) is 0. The fourth-order valence-corrected chi connectivity index (χ4v) is 5.65. The Hall–Kier alpha value is -0.0151. The van der Waals surface area contributed by atoms with Crippen LogP contribution in [-0.2, 0) is 9.31 Å². The van der Waals surface area contributed by atoms with Crippen molar-refractivity contribution in [1.29, 1.82) is 0 Å². The van der Waals surface area contributed by atoms with Crippen LogP contribution in [0.25, 0.3) is 0 Å². The molecule has 2 nitrogen and oxygen atoms in total. The van der Waals surface area contributed by atoms with Crippen molar-refractivity contribution in [3.05, 3.63) is 0 Å². The van der Waals surface area contributed by atoms with E-state index in [1.165, 1.54) is 51.4 Å². The van der Waals surface area contributed by atoms with Crippen molar-refractivity contribution in [2.24, 2.45) is 23.7 Å². The topological polar surface area (TPSA) is 18.5 Å². The molecule has 0 bridgehead atoms. The van der Waals surface area contributed by atoms with Crippen LogP contribution in [0, 0.1) is 23.7 Å². The minimum Gasteiger partial charge on any atom is -0.409 e. The smallest absolute Gasteiger partial charge is 0.409 e. The van der Waals surface area contributed by atoms with E-state index in [1.54, 1.807) is 0 Å². The lowest BCUT2D eigenvalue weighted by Gasteiger charge is -2.51. The molecule has 0 amide bonds. The third-order valence-corrected chi connectivity index (χ3v) is 6.18. The summed E-state index contributed by atoms with van der Waals surface area (Å²) in [4.78, 5) is 0. The number of hydrogen-bond acceptors (Lipinski definition) is 2. The molecule has 0 aromatic rings. The molecule has 0 aromatic carbocycles. The average Bonchev–Trinajstić information content (AvgIpc) is 2.93. The molecule has 4 aliphatic rings. The second kappa shape index (κ2) is 4.83. The molecule has 3 saturated carbocycles. The van der Waals surface area contributed by atoms with Crippen molar-refractivity contribution in [1.82, 2.24) is 0 Å². The molecular weight excluding hydrogens is 223 g/mol. The van der Waals surface area contributed by atoms with Crippen molar-refractivity contribution in [2.75, 3.05) is 13.2 Å². The fraction of sp³-hybridized carbons (Fsp3) is 1.00. The highest BCUT2D eigenvalue weighted by atomic mass is 16.6. The maximum atomic E-state index is 5.79. The fourth-order valence-electron chi connectivity index (χ4n) is 5.65. The van der Waals surface area contributed by atoms with E-state index in [4.69, 9.17) is 9.31 Å². The van der Waals surface area contributed by atoms with Gasteiger partial charge in [-0.2, -0.15) is 0 Å². The minimum absolute atomic E-state index is 0.147. The molecule has 4 rings (SSSR count). The molecule has 0 radical (unpaired) electrons. The first-order valence-corrected chi connectivity index (χ1v) is 8.15. The molecule has 2 atom stereocenters. The summed E-state index contributed by atoms with van der Waals surface area (Å²) in [5.74, 6) is 4.86. The Bertz CT molecular complexity index is 283. The highest BCUT2D eigenvalue weighted by Crippen LogP contribution is 2.56. The Kier molecular flexibility index (Phi) is 3.16. The van der Waals surface area contributed by atoms with Gasteiger partial charge in [0.15, 0.2) is 0 Å². The highest BCUT2D eigenvalue weighted by Gasteiger charge is 2.48. The van der Waals surface area contributed by atoms with Gasteiger partial charge >= 0.3 is 7.12 Å². The molecule has 2 unspecified atom stereocenters. The van der Waals surface area contributed by atoms with Gasteiger partial charge in [0.05, 0.1) is 13.2 Å².